The van der Waals surface area contributed by atoms with E-state index in [1.165, 1.54) is 19.2 Å². The Bertz CT molecular complexity index is 870. The first kappa shape index (κ1) is 19.8. The number of nitrogens with zero attached hydrogens (tertiary/aromatic N) is 2. The van der Waals surface area contributed by atoms with Crippen LogP contribution in [0.25, 0.3) is 0 Å². The van der Waals surface area contributed by atoms with E-state index in [1.807, 2.05) is 49.3 Å². The summed E-state index contributed by atoms with van der Waals surface area (Å²) >= 11 is 0. The molecule has 0 aliphatic heterocycles. The second-order valence-corrected chi connectivity index (χ2v) is 7.80. The van der Waals surface area contributed by atoms with E-state index in [2.05, 4.69) is 10.0 Å². The molecule has 0 amide bonds. The minimum Gasteiger partial charge on any atom is -0.378 e. The molecule has 8 nitrogen and oxygen atoms in total. The van der Waals surface area contributed by atoms with Gasteiger partial charge in [-0.05, 0) is 38.8 Å². The van der Waals surface area contributed by atoms with Gasteiger partial charge in [-0.3, -0.25) is 10.1 Å². The highest BCUT2D eigenvalue weighted by molar-refractivity contribution is 7.89. The number of likely N-dealkylation sites (N-methyl/N-ethyl adjacent to an activating group) is 1. The molecular weight excluding hydrogens is 356 g/mol. The van der Waals surface area contributed by atoms with Crippen molar-refractivity contribution in [2.45, 2.75) is 10.9 Å². The number of hydrogen-bond acceptors (Lipinski definition) is 6. The maximum Gasteiger partial charge on any atom is 0.293 e. The summed E-state index contributed by atoms with van der Waals surface area (Å²) in [7, 11) is 1.36. The van der Waals surface area contributed by atoms with Crippen LogP contribution in [0.15, 0.2) is 53.4 Å². The molecule has 0 radical (unpaired) electrons. The van der Waals surface area contributed by atoms with Gasteiger partial charge >= 0.3 is 0 Å². The molecule has 2 aromatic rings. The molecule has 0 spiro atoms. The first-order valence-corrected chi connectivity index (χ1v) is 9.42. The summed E-state index contributed by atoms with van der Waals surface area (Å²) < 4.78 is 25.9. The number of anilines is 1. The first-order valence-electron chi connectivity index (χ1n) is 7.93. The van der Waals surface area contributed by atoms with Crippen molar-refractivity contribution in [1.29, 1.82) is 0 Å². The van der Waals surface area contributed by atoms with E-state index in [4.69, 9.17) is 0 Å². The van der Waals surface area contributed by atoms with Crippen molar-refractivity contribution in [1.82, 2.24) is 9.62 Å². The third-order valence-corrected chi connectivity index (χ3v) is 5.45. The minimum atomic E-state index is -3.75. The molecule has 2 rings (SSSR count). The van der Waals surface area contributed by atoms with Gasteiger partial charge in [-0.25, -0.2) is 13.1 Å². The number of nitrogens with one attached hydrogen (secondary N) is 2. The topological polar surface area (TPSA) is 105 Å². The van der Waals surface area contributed by atoms with Gasteiger partial charge in [0.05, 0.1) is 15.9 Å². The van der Waals surface area contributed by atoms with Crippen LogP contribution in [0, 0.1) is 10.1 Å². The standard InChI is InChI=1S/C17H22N4O4S/c1-18-26(24,25)14-9-10-15(16(11-14)21(22)23)19-12-17(20(2)3)13-7-5-4-6-8-13/h4-11,17-19H,12H2,1-3H3/t17-/m1/s1. The van der Waals surface area contributed by atoms with Gasteiger partial charge in [-0.15, -0.1) is 0 Å². The van der Waals surface area contributed by atoms with Gasteiger partial charge in [0.2, 0.25) is 10.0 Å². The highest BCUT2D eigenvalue weighted by atomic mass is 32.2. The second-order valence-electron chi connectivity index (χ2n) is 5.91. The van der Waals surface area contributed by atoms with Crippen LogP contribution < -0.4 is 10.0 Å². The molecule has 9 heteroatoms. The molecular formula is C17H22N4O4S. The van der Waals surface area contributed by atoms with Crippen LogP contribution in [-0.4, -0.2) is 45.9 Å². The van der Waals surface area contributed by atoms with Crippen LogP contribution in [0.2, 0.25) is 0 Å². The van der Waals surface area contributed by atoms with Crippen LogP contribution in [0.3, 0.4) is 0 Å². The van der Waals surface area contributed by atoms with Crippen LogP contribution in [0.5, 0.6) is 0 Å². The number of benzene rings is 2. The molecule has 0 heterocycles. The summed E-state index contributed by atoms with van der Waals surface area (Å²) in [4.78, 5) is 12.6. The highest BCUT2D eigenvalue weighted by Gasteiger charge is 2.21. The van der Waals surface area contributed by atoms with Crippen molar-refractivity contribution in [3.63, 3.8) is 0 Å². The van der Waals surface area contributed by atoms with Crippen molar-refractivity contribution < 1.29 is 13.3 Å². The van der Waals surface area contributed by atoms with Crippen LogP contribution in [0.1, 0.15) is 11.6 Å². The maximum absolute atomic E-state index is 11.9. The zero-order chi connectivity index (χ0) is 19.3. The Morgan fingerprint density at radius 1 is 1.15 bits per heavy atom. The minimum absolute atomic E-state index is 0.00322. The number of nitro benzene ring substituents is 1. The smallest absolute Gasteiger partial charge is 0.293 e. The average Bonchev–Trinajstić information content (AvgIpc) is 2.62. The molecule has 0 aromatic heterocycles. The molecule has 2 aromatic carbocycles. The Morgan fingerprint density at radius 2 is 1.81 bits per heavy atom. The number of sulfonamides is 1. The monoisotopic (exact) mass is 378 g/mol. The summed E-state index contributed by atoms with van der Waals surface area (Å²) in [5.41, 5.74) is 1.06. The van der Waals surface area contributed by atoms with Crippen molar-refractivity contribution in [2.75, 3.05) is 33.0 Å². The fourth-order valence-electron chi connectivity index (χ4n) is 2.58. The number of hydrogen-bond donors (Lipinski definition) is 2. The Hall–Kier alpha value is -2.49. The summed E-state index contributed by atoms with van der Waals surface area (Å²) in [5.74, 6) is 0. The third-order valence-electron chi connectivity index (χ3n) is 4.04. The van der Waals surface area contributed by atoms with Crippen molar-refractivity contribution in [2.24, 2.45) is 0 Å². The number of rotatable bonds is 8. The Morgan fingerprint density at radius 3 is 2.35 bits per heavy atom. The molecule has 0 aliphatic rings. The van der Waals surface area contributed by atoms with Crippen LogP contribution in [0.4, 0.5) is 11.4 Å². The SMILES string of the molecule is CNS(=O)(=O)c1ccc(NC[C@H](c2ccccc2)N(C)C)c([N+](=O)[O-])c1. The molecule has 140 valence electrons. The molecule has 0 fully saturated rings. The molecule has 0 saturated heterocycles. The predicted octanol–water partition coefficient (Wildman–Crippen LogP) is 2.22. The number of nitro groups is 1. The van der Waals surface area contributed by atoms with Gasteiger partial charge in [0.15, 0.2) is 0 Å². The van der Waals surface area contributed by atoms with E-state index >= 15 is 0 Å². The zero-order valence-corrected chi connectivity index (χ0v) is 15.7. The van der Waals surface area contributed by atoms with Crippen LogP contribution in [-0.2, 0) is 10.0 Å². The van der Waals surface area contributed by atoms with Gasteiger partial charge in [0.1, 0.15) is 5.69 Å². The Labute approximate surface area is 153 Å². The normalized spacial score (nSPS) is 12.8. The summed E-state index contributed by atoms with van der Waals surface area (Å²) in [6.45, 7) is 0.427. The van der Waals surface area contributed by atoms with E-state index in [-0.39, 0.29) is 22.3 Å². The van der Waals surface area contributed by atoms with Crippen molar-refractivity contribution in [3.05, 3.63) is 64.2 Å². The Kier molecular flexibility index (Phi) is 6.30. The third kappa shape index (κ3) is 4.57. The van der Waals surface area contributed by atoms with Gasteiger partial charge in [-0.1, -0.05) is 30.3 Å². The van der Waals surface area contributed by atoms with E-state index in [9.17, 15) is 18.5 Å². The quantitative estimate of drug-likeness (QED) is 0.539. The largest absolute Gasteiger partial charge is 0.378 e. The molecule has 2 N–H and O–H groups in total. The van der Waals surface area contributed by atoms with Gasteiger partial charge in [0, 0.05) is 12.6 Å². The fourth-order valence-corrected chi connectivity index (χ4v) is 3.33. The molecule has 0 bridgehead atoms. The Balaban J connectivity index is 2.29. The molecule has 0 aliphatic carbocycles. The lowest BCUT2D eigenvalue weighted by atomic mass is 10.1. The molecule has 26 heavy (non-hydrogen) atoms. The zero-order valence-electron chi connectivity index (χ0n) is 14.8. The highest BCUT2D eigenvalue weighted by Crippen LogP contribution is 2.28. The van der Waals surface area contributed by atoms with Gasteiger partial charge in [-0.2, -0.15) is 0 Å². The first-order chi connectivity index (χ1) is 12.3. The van der Waals surface area contributed by atoms with Gasteiger partial charge in [0.25, 0.3) is 5.69 Å². The van der Waals surface area contributed by atoms with Crippen molar-refractivity contribution in [3.8, 4) is 0 Å². The second kappa shape index (κ2) is 8.26. The molecule has 0 saturated carbocycles. The van der Waals surface area contributed by atoms with Gasteiger partial charge < -0.3 is 10.2 Å². The fraction of sp³-hybridized carbons (Fsp3) is 0.294. The predicted molar refractivity (Wildman–Crippen MR) is 101 cm³/mol. The summed E-state index contributed by atoms with van der Waals surface area (Å²) in [6, 6.07) is 13.6. The lowest BCUT2D eigenvalue weighted by Crippen LogP contribution is -2.27. The summed E-state index contributed by atoms with van der Waals surface area (Å²) in [6.07, 6.45) is 0. The van der Waals surface area contributed by atoms with E-state index in [0.29, 0.717) is 6.54 Å². The van der Waals surface area contributed by atoms with E-state index in [0.717, 1.165) is 11.6 Å². The lowest BCUT2D eigenvalue weighted by molar-refractivity contribution is -0.384. The molecule has 1 atom stereocenters. The van der Waals surface area contributed by atoms with Crippen molar-refractivity contribution >= 4 is 21.4 Å². The maximum atomic E-state index is 11.9. The van der Waals surface area contributed by atoms with E-state index < -0.39 is 14.9 Å². The van der Waals surface area contributed by atoms with E-state index in [1.54, 1.807) is 0 Å². The summed E-state index contributed by atoms with van der Waals surface area (Å²) in [5, 5.41) is 14.5. The lowest BCUT2D eigenvalue weighted by Gasteiger charge is -2.25. The average molecular weight is 378 g/mol. The van der Waals surface area contributed by atoms with Crippen LogP contribution >= 0.6 is 0 Å². The molecule has 0 unspecified atom stereocenters.